The van der Waals surface area contributed by atoms with Gasteiger partial charge in [0.1, 0.15) is 0 Å². The van der Waals surface area contributed by atoms with Gasteiger partial charge in [-0.1, -0.05) is 19.8 Å². The van der Waals surface area contributed by atoms with Gasteiger partial charge in [-0.15, -0.1) is 0 Å². The summed E-state index contributed by atoms with van der Waals surface area (Å²) < 4.78 is 4.91. The summed E-state index contributed by atoms with van der Waals surface area (Å²) in [4.78, 5) is 11.9. The lowest BCUT2D eigenvalue weighted by Gasteiger charge is -2.29. The number of halogens is 1. The molecule has 88 valence electrons. The van der Waals surface area contributed by atoms with E-state index in [4.69, 9.17) is 16.0 Å². The molecule has 1 N–H and O–H groups in total. The maximum absolute atomic E-state index is 11.9. The Labute approximate surface area is 100 Å². The zero-order valence-corrected chi connectivity index (χ0v) is 10.1. The van der Waals surface area contributed by atoms with Gasteiger partial charge >= 0.3 is 0 Å². The van der Waals surface area contributed by atoms with E-state index in [2.05, 4.69) is 12.2 Å². The second kappa shape index (κ2) is 4.91. The van der Waals surface area contributed by atoms with Crippen molar-refractivity contribution in [2.45, 2.75) is 38.6 Å². The summed E-state index contributed by atoms with van der Waals surface area (Å²) in [6.07, 6.45) is 6.13. The highest BCUT2D eigenvalue weighted by Crippen LogP contribution is 2.24. The molecule has 1 aromatic heterocycles. The first kappa shape index (κ1) is 11.5. The molecule has 1 amide bonds. The topological polar surface area (TPSA) is 42.2 Å². The van der Waals surface area contributed by atoms with Crippen molar-refractivity contribution in [3.63, 3.8) is 0 Å². The predicted octanol–water partition coefficient (Wildman–Crippen LogP) is 3.24. The maximum Gasteiger partial charge on any atom is 0.256 e. The summed E-state index contributed by atoms with van der Waals surface area (Å²) in [7, 11) is 0. The first-order valence-electron chi connectivity index (χ1n) is 5.72. The minimum atomic E-state index is -0.127. The Morgan fingerprint density at radius 3 is 2.88 bits per heavy atom. The third-order valence-corrected chi connectivity index (χ3v) is 3.58. The summed E-state index contributed by atoms with van der Waals surface area (Å²) in [6.45, 7) is 2.18. The van der Waals surface area contributed by atoms with Crippen LogP contribution in [0.4, 0.5) is 0 Å². The Morgan fingerprint density at radius 2 is 2.25 bits per heavy atom. The van der Waals surface area contributed by atoms with Crippen LogP contribution in [0.25, 0.3) is 0 Å². The molecule has 0 aliphatic heterocycles. The summed E-state index contributed by atoms with van der Waals surface area (Å²) in [6, 6.07) is 1.87. The molecule has 1 aromatic rings. The lowest BCUT2D eigenvalue weighted by molar-refractivity contribution is 0.0910. The number of carbonyl (C=O) groups excluding carboxylic acids is 1. The van der Waals surface area contributed by atoms with Gasteiger partial charge < -0.3 is 9.73 Å². The van der Waals surface area contributed by atoms with E-state index >= 15 is 0 Å². The van der Waals surface area contributed by atoms with E-state index in [0.29, 0.717) is 11.5 Å². The molecule has 2 unspecified atom stereocenters. The van der Waals surface area contributed by atoms with Gasteiger partial charge in [-0.2, -0.15) is 0 Å². The normalized spacial score (nSPS) is 25.4. The smallest absolute Gasteiger partial charge is 0.256 e. The molecule has 1 aliphatic carbocycles. The minimum absolute atomic E-state index is 0.127. The maximum atomic E-state index is 11.9. The molecular weight excluding hydrogens is 226 g/mol. The van der Waals surface area contributed by atoms with Gasteiger partial charge in [-0.05, 0) is 36.4 Å². The SMILES string of the molecule is CC1CCCCC1NC(=O)c1ccoc1Cl. The number of nitrogens with one attached hydrogen (secondary N) is 1. The molecule has 2 rings (SSSR count). The van der Waals surface area contributed by atoms with E-state index in [1.165, 1.54) is 25.5 Å². The molecule has 1 heterocycles. The molecule has 4 heteroatoms. The van der Waals surface area contributed by atoms with Crippen molar-refractivity contribution in [1.29, 1.82) is 0 Å². The van der Waals surface area contributed by atoms with Gasteiger partial charge in [0.15, 0.2) is 0 Å². The Morgan fingerprint density at radius 1 is 1.50 bits per heavy atom. The quantitative estimate of drug-likeness (QED) is 0.864. The fourth-order valence-electron chi connectivity index (χ4n) is 2.23. The molecule has 1 fully saturated rings. The van der Waals surface area contributed by atoms with E-state index in [-0.39, 0.29) is 17.2 Å². The third kappa shape index (κ3) is 2.40. The molecule has 0 radical (unpaired) electrons. The van der Waals surface area contributed by atoms with E-state index in [1.54, 1.807) is 6.07 Å². The van der Waals surface area contributed by atoms with Crippen LogP contribution in [-0.4, -0.2) is 11.9 Å². The number of rotatable bonds is 2. The van der Waals surface area contributed by atoms with Crippen LogP contribution in [-0.2, 0) is 0 Å². The lowest BCUT2D eigenvalue weighted by atomic mass is 9.86. The fraction of sp³-hybridized carbons (Fsp3) is 0.583. The highest BCUT2D eigenvalue weighted by molar-refractivity contribution is 6.32. The largest absolute Gasteiger partial charge is 0.452 e. The molecule has 1 aliphatic rings. The van der Waals surface area contributed by atoms with Crippen LogP contribution in [0.1, 0.15) is 43.0 Å². The zero-order valence-electron chi connectivity index (χ0n) is 9.33. The van der Waals surface area contributed by atoms with Crippen LogP contribution in [0.15, 0.2) is 16.7 Å². The molecule has 16 heavy (non-hydrogen) atoms. The molecule has 0 spiro atoms. The summed E-state index contributed by atoms with van der Waals surface area (Å²) in [5, 5.41) is 3.20. The van der Waals surface area contributed by atoms with Gasteiger partial charge in [-0.3, -0.25) is 4.79 Å². The first-order valence-corrected chi connectivity index (χ1v) is 6.10. The molecular formula is C12H16ClNO2. The number of hydrogen-bond donors (Lipinski definition) is 1. The molecule has 0 bridgehead atoms. The predicted molar refractivity (Wildman–Crippen MR) is 62.6 cm³/mol. The lowest BCUT2D eigenvalue weighted by Crippen LogP contribution is -2.41. The fourth-order valence-corrected chi connectivity index (χ4v) is 2.43. The average molecular weight is 242 g/mol. The van der Waals surface area contributed by atoms with Gasteiger partial charge in [0.05, 0.1) is 11.8 Å². The van der Waals surface area contributed by atoms with Crippen LogP contribution >= 0.6 is 11.6 Å². The molecule has 0 saturated heterocycles. The van der Waals surface area contributed by atoms with E-state index in [9.17, 15) is 4.79 Å². The van der Waals surface area contributed by atoms with Crippen LogP contribution in [0.3, 0.4) is 0 Å². The van der Waals surface area contributed by atoms with Gasteiger partial charge in [0, 0.05) is 6.04 Å². The summed E-state index contributed by atoms with van der Waals surface area (Å²) in [5.41, 5.74) is 0.430. The standard InChI is InChI=1S/C12H16ClNO2/c1-8-4-2-3-5-10(8)14-12(15)9-6-7-16-11(9)13/h6-8,10H,2-5H2,1H3,(H,14,15). The Balaban J connectivity index is 1.99. The average Bonchev–Trinajstić information content (AvgIpc) is 2.68. The zero-order chi connectivity index (χ0) is 11.5. The Bertz CT molecular complexity index is 375. The second-order valence-corrected chi connectivity index (χ2v) is 4.79. The molecule has 2 atom stereocenters. The highest BCUT2D eigenvalue weighted by atomic mass is 35.5. The number of furan rings is 1. The number of carbonyl (C=O) groups is 1. The Kier molecular flexibility index (Phi) is 3.54. The Hall–Kier alpha value is -0.960. The second-order valence-electron chi connectivity index (χ2n) is 4.45. The van der Waals surface area contributed by atoms with Crippen LogP contribution < -0.4 is 5.32 Å². The van der Waals surface area contributed by atoms with E-state index in [0.717, 1.165) is 6.42 Å². The molecule has 1 saturated carbocycles. The third-order valence-electron chi connectivity index (χ3n) is 3.29. The van der Waals surface area contributed by atoms with Gasteiger partial charge in [0.25, 0.3) is 5.91 Å². The first-order chi connectivity index (χ1) is 7.68. The van der Waals surface area contributed by atoms with Gasteiger partial charge in [-0.25, -0.2) is 0 Å². The minimum Gasteiger partial charge on any atom is -0.452 e. The van der Waals surface area contributed by atoms with Crippen molar-refractivity contribution < 1.29 is 9.21 Å². The van der Waals surface area contributed by atoms with E-state index in [1.807, 2.05) is 0 Å². The van der Waals surface area contributed by atoms with Crippen LogP contribution in [0.5, 0.6) is 0 Å². The highest BCUT2D eigenvalue weighted by Gasteiger charge is 2.24. The number of hydrogen-bond acceptors (Lipinski definition) is 2. The van der Waals surface area contributed by atoms with Crippen molar-refractivity contribution in [2.24, 2.45) is 5.92 Å². The monoisotopic (exact) mass is 241 g/mol. The van der Waals surface area contributed by atoms with Crippen LogP contribution in [0, 0.1) is 5.92 Å². The molecule has 3 nitrogen and oxygen atoms in total. The van der Waals surface area contributed by atoms with Crippen molar-refractivity contribution in [3.05, 3.63) is 23.1 Å². The van der Waals surface area contributed by atoms with E-state index < -0.39 is 0 Å². The molecule has 0 aromatic carbocycles. The van der Waals surface area contributed by atoms with Crippen molar-refractivity contribution in [3.8, 4) is 0 Å². The summed E-state index contributed by atoms with van der Waals surface area (Å²) >= 11 is 5.76. The van der Waals surface area contributed by atoms with Crippen molar-refractivity contribution >= 4 is 17.5 Å². The van der Waals surface area contributed by atoms with Crippen LogP contribution in [0.2, 0.25) is 5.22 Å². The van der Waals surface area contributed by atoms with Crippen molar-refractivity contribution in [1.82, 2.24) is 5.32 Å². The number of amides is 1. The van der Waals surface area contributed by atoms with Crippen molar-refractivity contribution in [2.75, 3.05) is 0 Å². The van der Waals surface area contributed by atoms with Gasteiger partial charge in [0.2, 0.25) is 5.22 Å². The summed E-state index contributed by atoms with van der Waals surface area (Å²) in [5.74, 6) is 0.417.